The van der Waals surface area contributed by atoms with E-state index in [2.05, 4.69) is 6.07 Å². The molecule has 3 N–H and O–H groups in total. The van der Waals surface area contributed by atoms with E-state index in [9.17, 15) is 4.79 Å². The summed E-state index contributed by atoms with van der Waals surface area (Å²) in [5.41, 5.74) is 1.05. The summed E-state index contributed by atoms with van der Waals surface area (Å²) in [7, 11) is 8.25. The average molecular weight is 431 g/mol. The van der Waals surface area contributed by atoms with Gasteiger partial charge in [0.15, 0.2) is 23.0 Å². The molecule has 0 radical (unpaired) electrons. The fourth-order valence-corrected chi connectivity index (χ4v) is 3.77. The highest BCUT2D eigenvalue weighted by atomic mass is 16.5. The minimum Gasteiger partial charge on any atom is -0.493 e. The van der Waals surface area contributed by atoms with E-state index in [1.54, 1.807) is 40.4 Å². The Morgan fingerprint density at radius 3 is 2.13 bits per heavy atom. The molecule has 8 nitrogen and oxygen atoms in total. The van der Waals surface area contributed by atoms with Crippen LogP contribution in [0.4, 0.5) is 0 Å². The van der Waals surface area contributed by atoms with Gasteiger partial charge < -0.3 is 29.5 Å². The molecule has 0 saturated heterocycles. The van der Waals surface area contributed by atoms with E-state index in [1.807, 2.05) is 24.3 Å². The number of benzene rings is 3. The Balaban J connectivity index is 0.00000341. The third kappa shape index (κ3) is 4.76. The van der Waals surface area contributed by atoms with Crippen LogP contribution in [0.5, 0.6) is 23.0 Å². The molecular formula is C23H29NO7. The number of aliphatic carboxylic acids is 1. The highest BCUT2D eigenvalue weighted by Crippen LogP contribution is 2.44. The molecular weight excluding hydrogens is 402 g/mol. The van der Waals surface area contributed by atoms with Gasteiger partial charge in [-0.15, -0.1) is 0 Å². The van der Waals surface area contributed by atoms with Crippen molar-refractivity contribution in [3.05, 3.63) is 35.9 Å². The van der Waals surface area contributed by atoms with Crippen LogP contribution >= 0.6 is 0 Å². The largest absolute Gasteiger partial charge is 0.493 e. The molecule has 168 valence electrons. The molecule has 0 aliphatic heterocycles. The summed E-state index contributed by atoms with van der Waals surface area (Å²) in [6.07, 6.45) is 0.666. The summed E-state index contributed by atoms with van der Waals surface area (Å²) in [5.74, 6) is 1.71. The number of nitrogens with zero attached hydrogens (tertiary/aromatic N) is 1. The van der Waals surface area contributed by atoms with Gasteiger partial charge in [-0.25, -0.2) is 0 Å². The number of likely N-dealkylation sites (N-methyl/N-ethyl adjacent to an activating group) is 1. The Kier molecular flexibility index (Phi) is 7.90. The maximum atomic E-state index is 11.0. The zero-order valence-corrected chi connectivity index (χ0v) is 18.4. The highest BCUT2D eigenvalue weighted by molar-refractivity contribution is 6.13. The first kappa shape index (κ1) is 24.0. The van der Waals surface area contributed by atoms with E-state index in [-0.39, 0.29) is 12.0 Å². The number of carboxylic acids is 1. The first-order valence-electron chi connectivity index (χ1n) is 9.56. The number of ether oxygens (including phenoxy) is 4. The second kappa shape index (κ2) is 10.2. The van der Waals surface area contributed by atoms with Crippen molar-refractivity contribution < 1.29 is 34.3 Å². The van der Waals surface area contributed by atoms with E-state index < -0.39 is 5.97 Å². The van der Waals surface area contributed by atoms with E-state index in [1.165, 1.54) is 0 Å². The molecule has 31 heavy (non-hydrogen) atoms. The molecule has 0 saturated carbocycles. The van der Waals surface area contributed by atoms with E-state index >= 15 is 0 Å². The zero-order valence-electron chi connectivity index (χ0n) is 18.4. The molecule has 0 spiro atoms. The minimum absolute atomic E-state index is 0. The Labute approximate surface area is 181 Å². The number of hydrogen-bond donors (Lipinski definition) is 1. The predicted octanol–water partition coefficient (Wildman–Crippen LogP) is 2.76. The van der Waals surface area contributed by atoms with Gasteiger partial charge in [-0.2, -0.15) is 0 Å². The number of fused-ring (bicyclic) bond motifs is 3. The van der Waals surface area contributed by atoms with Crippen LogP contribution < -0.4 is 18.9 Å². The second-order valence-corrected chi connectivity index (χ2v) is 7.07. The van der Waals surface area contributed by atoms with Crippen LogP contribution in [-0.4, -0.2) is 70.0 Å². The lowest BCUT2D eigenvalue weighted by molar-refractivity contribution is -0.137. The molecule has 3 aromatic rings. The monoisotopic (exact) mass is 431 g/mol. The number of methoxy groups -OCH3 is 4. The van der Waals surface area contributed by atoms with Crippen LogP contribution in [0.15, 0.2) is 30.3 Å². The van der Waals surface area contributed by atoms with Gasteiger partial charge >= 0.3 is 5.97 Å². The van der Waals surface area contributed by atoms with Crippen molar-refractivity contribution >= 4 is 27.5 Å². The fraction of sp³-hybridized carbons (Fsp3) is 0.348. The quantitative estimate of drug-likeness (QED) is 0.519. The lowest BCUT2D eigenvalue weighted by atomic mass is 9.95. The van der Waals surface area contributed by atoms with Gasteiger partial charge in [-0.3, -0.25) is 9.69 Å². The lowest BCUT2D eigenvalue weighted by Gasteiger charge is -2.19. The van der Waals surface area contributed by atoms with Crippen molar-refractivity contribution in [1.29, 1.82) is 0 Å². The third-order valence-electron chi connectivity index (χ3n) is 5.22. The zero-order chi connectivity index (χ0) is 21.8. The van der Waals surface area contributed by atoms with Crippen LogP contribution in [0.1, 0.15) is 5.56 Å². The van der Waals surface area contributed by atoms with Crippen molar-refractivity contribution in [2.45, 2.75) is 6.42 Å². The van der Waals surface area contributed by atoms with Gasteiger partial charge in [0.05, 0.1) is 35.0 Å². The summed E-state index contributed by atoms with van der Waals surface area (Å²) in [6.45, 7) is 0.589. The van der Waals surface area contributed by atoms with Crippen molar-refractivity contribution in [3.8, 4) is 23.0 Å². The third-order valence-corrected chi connectivity index (χ3v) is 5.22. The van der Waals surface area contributed by atoms with E-state index in [4.69, 9.17) is 24.1 Å². The smallest absolute Gasteiger partial charge is 0.317 e. The molecule has 0 aliphatic rings. The fourth-order valence-electron chi connectivity index (χ4n) is 3.77. The summed E-state index contributed by atoms with van der Waals surface area (Å²) in [6, 6.07) is 9.93. The first-order valence-corrected chi connectivity index (χ1v) is 9.56. The van der Waals surface area contributed by atoms with Gasteiger partial charge in [0.25, 0.3) is 0 Å². The molecule has 0 aliphatic carbocycles. The molecule has 3 rings (SSSR count). The van der Waals surface area contributed by atoms with Crippen LogP contribution in [0.25, 0.3) is 21.5 Å². The van der Waals surface area contributed by atoms with E-state index in [0.717, 1.165) is 27.1 Å². The maximum absolute atomic E-state index is 11.0. The van der Waals surface area contributed by atoms with Crippen LogP contribution in [0, 0.1) is 0 Å². The molecule has 0 fully saturated rings. The highest BCUT2D eigenvalue weighted by Gasteiger charge is 2.18. The lowest BCUT2D eigenvalue weighted by Crippen LogP contribution is -2.27. The summed E-state index contributed by atoms with van der Waals surface area (Å²) < 4.78 is 22.3. The summed E-state index contributed by atoms with van der Waals surface area (Å²) in [4.78, 5) is 12.8. The normalized spacial score (nSPS) is 10.8. The summed E-state index contributed by atoms with van der Waals surface area (Å²) >= 11 is 0. The second-order valence-electron chi connectivity index (χ2n) is 7.07. The Bertz CT molecular complexity index is 1080. The van der Waals surface area contributed by atoms with E-state index in [0.29, 0.717) is 36.0 Å². The van der Waals surface area contributed by atoms with Crippen LogP contribution in [-0.2, 0) is 11.2 Å². The molecule has 0 aromatic heterocycles. The van der Waals surface area contributed by atoms with Gasteiger partial charge in [0, 0.05) is 11.9 Å². The summed E-state index contributed by atoms with van der Waals surface area (Å²) in [5, 5.41) is 12.9. The number of rotatable bonds is 9. The van der Waals surface area contributed by atoms with Gasteiger partial charge in [-0.05, 0) is 53.4 Å². The topological polar surface area (TPSA) is 109 Å². The minimum atomic E-state index is -0.846. The van der Waals surface area contributed by atoms with Gasteiger partial charge in [0.1, 0.15) is 0 Å². The van der Waals surface area contributed by atoms with Crippen molar-refractivity contribution in [3.63, 3.8) is 0 Å². The predicted molar refractivity (Wildman–Crippen MR) is 120 cm³/mol. The SMILES string of the molecule is COc1cc2ccc3c(CCN(C)CC(=O)O)cc(OC)c(OC)c3c2cc1OC.O. The van der Waals surface area contributed by atoms with Crippen molar-refractivity contribution in [2.75, 3.05) is 48.6 Å². The Morgan fingerprint density at radius 2 is 1.55 bits per heavy atom. The molecule has 0 amide bonds. The van der Waals surface area contributed by atoms with Crippen molar-refractivity contribution in [1.82, 2.24) is 4.90 Å². The molecule has 0 heterocycles. The standard InChI is InChI=1S/C23H27NO6.H2O/c1-24(13-21(25)26)9-8-15-11-20(29-4)23(30-5)22-16(15)7-6-14-10-18(27-2)19(28-3)12-17(14)22;/h6-7,10-12H,8-9,13H2,1-5H3,(H,25,26);1H2. The van der Waals surface area contributed by atoms with Crippen LogP contribution in [0.2, 0.25) is 0 Å². The van der Waals surface area contributed by atoms with Crippen LogP contribution in [0.3, 0.4) is 0 Å². The Morgan fingerprint density at radius 1 is 0.903 bits per heavy atom. The number of carbonyl (C=O) groups is 1. The first-order chi connectivity index (χ1) is 14.4. The van der Waals surface area contributed by atoms with Crippen molar-refractivity contribution in [2.24, 2.45) is 0 Å². The molecule has 0 atom stereocenters. The van der Waals surface area contributed by atoms with Gasteiger partial charge in [-0.1, -0.05) is 12.1 Å². The number of hydrogen-bond acceptors (Lipinski definition) is 6. The molecule has 8 heteroatoms. The number of carboxylic acid groups (broad SMARTS) is 1. The molecule has 0 unspecified atom stereocenters. The van der Waals surface area contributed by atoms with Gasteiger partial charge in [0.2, 0.25) is 0 Å². The average Bonchev–Trinajstić information content (AvgIpc) is 2.74. The molecule has 0 bridgehead atoms. The Hall–Kier alpha value is -3.23. The maximum Gasteiger partial charge on any atom is 0.317 e. The molecule has 3 aromatic carbocycles.